The van der Waals surface area contributed by atoms with Crippen molar-refractivity contribution in [2.75, 3.05) is 6.61 Å². The number of rotatable bonds is 7. The number of Topliss-reactive ketones (excluding diaryl/α,β-unsaturated/α-hetero) is 1. The van der Waals surface area contributed by atoms with Gasteiger partial charge in [-0.2, -0.15) is 0 Å². The van der Waals surface area contributed by atoms with Gasteiger partial charge in [-0.15, -0.1) is 11.3 Å². The van der Waals surface area contributed by atoms with Crippen LogP contribution in [-0.4, -0.2) is 33.2 Å². The highest BCUT2D eigenvalue weighted by atomic mass is 32.1. The Balaban J connectivity index is 1.96. The lowest BCUT2D eigenvalue weighted by atomic mass is 10.3. The van der Waals surface area contributed by atoms with Crippen LogP contribution in [0.15, 0.2) is 16.8 Å². The number of nitrogens with one attached hydrogen (secondary N) is 1. The van der Waals surface area contributed by atoms with Crippen LogP contribution >= 0.6 is 11.3 Å². The molecule has 0 saturated heterocycles. The third-order valence-corrected chi connectivity index (χ3v) is 3.80. The second kappa shape index (κ2) is 6.53. The Kier molecular flexibility index (Phi) is 4.75. The summed E-state index contributed by atoms with van der Waals surface area (Å²) in [5, 5.41) is 16.6. The number of hydrogen-bond donors (Lipinski definition) is 2. The van der Waals surface area contributed by atoms with Crippen LogP contribution in [0.2, 0.25) is 0 Å². The predicted molar refractivity (Wildman–Crippen MR) is 74.3 cm³/mol. The molecule has 6 nitrogen and oxygen atoms in total. The summed E-state index contributed by atoms with van der Waals surface area (Å²) < 4.78 is 5.51. The molecule has 2 aromatic rings. The van der Waals surface area contributed by atoms with Crippen LogP contribution < -0.4 is 0 Å². The van der Waals surface area contributed by atoms with Crippen molar-refractivity contribution < 1.29 is 14.3 Å². The number of carbonyl (C=O) groups is 1. The second-order valence-corrected chi connectivity index (χ2v) is 5.28. The first-order valence-corrected chi connectivity index (χ1v) is 7.07. The van der Waals surface area contributed by atoms with E-state index in [0.717, 1.165) is 17.1 Å². The zero-order valence-corrected chi connectivity index (χ0v) is 11.9. The maximum absolute atomic E-state index is 11.2. The number of thiazole rings is 1. The minimum atomic E-state index is -0.663. The number of ketones is 1. The third kappa shape index (κ3) is 3.37. The van der Waals surface area contributed by atoms with Gasteiger partial charge in [-0.1, -0.05) is 6.92 Å². The molecule has 0 fully saturated rings. The van der Waals surface area contributed by atoms with E-state index < -0.39 is 12.4 Å². The second-order valence-electron chi connectivity index (χ2n) is 4.16. The van der Waals surface area contributed by atoms with Gasteiger partial charge in [0, 0.05) is 23.9 Å². The van der Waals surface area contributed by atoms with Gasteiger partial charge in [0.2, 0.25) is 5.78 Å². The molecule has 0 aliphatic heterocycles. The predicted octanol–water partition coefficient (Wildman–Crippen LogP) is 1.41. The molecule has 2 heterocycles. The van der Waals surface area contributed by atoms with Gasteiger partial charge in [0.05, 0.1) is 6.20 Å². The van der Waals surface area contributed by atoms with E-state index in [-0.39, 0.29) is 5.71 Å². The van der Waals surface area contributed by atoms with E-state index in [4.69, 9.17) is 14.9 Å². The van der Waals surface area contributed by atoms with Crippen molar-refractivity contribution in [2.24, 2.45) is 0 Å². The molecule has 0 aliphatic rings. The Morgan fingerprint density at radius 1 is 1.40 bits per heavy atom. The first-order chi connectivity index (χ1) is 9.63. The number of aliphatic hydroxyl groups is 1. The molecule has 0 radical (unpaired) electrons. The quantitative estimate of drug-likeness (QED) is 0.752. The monoisotopic (exact) mass is 293 g/mol. The minimum absolute atomic E-state index is 0.242. The van der Waals surface area contributed by atoms with Crippen LogP contribution in [0.5, 0.6) is 0 Å². The Bertz CT molecular complexity index is 618. The topological polar surface area (TPSA) is 100 Å². The van der Waals surface area contributed by atoms with Crippen molar-refractivity contribution in [1.29, 1.82) is 5.41 Å². The molecule has 0 amide bonds. The first-order valence-electron chi connectivity index (χ1n) is 6.25. The number of hydrogen-bond acceptors (Lipinski definition) is 7. The highest BCUT2D eigenvalue weighted by Crippen LogP contribution is 2.16. The molecule has 2 N–H and O–H groups in total. The average molecular weight is 293 g/mol. The highest BCUT2D eigenvalue weighted by Gasteiger charge is 2.15. The Morgan fingerprint density at radius 3 is 2.85 bits per heavy atom. The molecule has 106 valence electrons. The molecule has 2 rings (SSSR count). The zero-order chi connectivity index (χ0) is 14.5. The summed E-state index contributed by atoms with van der Waals surface area (Å²) in [6.07, 6.45) is 5.54. The van der Waals surface area contributed by atoms with Crippen LogP contribution in [0.25, 0.3) is 0 Å². The smallest absolute Gasteiger partial charge is 0.208 e. The summed E-state index contributed by atoms with van der Waals surface area (Å²) in [4.78, 5) is 20.4. The van der Waals surface area contributed by atoms with Crippen molar-refractivity contribution in [3.05, 3.63) is 33.9 Å². The van der Waals surface area contributed by atoms with Gasteiger partial charge in [0.1, 0.15) is 23.1 Å². The van der Waals surface area contributed by atoms with Crippen molar-refractivity contribution >= 4 is 22.8 Å². The molecule has 2 aromatic heterocycles. The van der Waals surface area contributed by atoms with Crippen molar-refractivity contribution in [3.63, 3.8) is 0 Å². The Morgan fingerprint density at radius 2 is 2.20 bits per heavy atom. The SMILES string of the molecule is CCc1cnc(CCc2cnc(C(=N)C(=O)CO)s2)o1. The summed E-state index contributed by atoms with van der Waals surface area (Å²) in [6.45, 7) is 1.34. The average Bonchev–Trinajstić information content (AvgIpc) is 3.12. The fraction of sp³-hybridized carbons (Fsp3) is 0.385. The van der Waals surface area contributed by atoms with E-state index >= 15 is 0 Å². The largest absolute Gasteiger partial charge is 0.446 e. The minimum Gasteiger partial charge on any atom is -0.446 e. The lowest BCUT2D eigenvalue weighted by molar-refractivity contribution is -0.115. The fourth-order valence-corrected chi connectivity index (χ4v) is 2.47. The number of aliphatic hydroxyl groups excluding tert-OH is 1. The molecule has 20 heavy (non-hydrogen) atoms. The summed E-state index contributed by atoms with van der Waals surface area (Å²) in [5.74, 6) is 0.921. The summed E-state index contributed by atoms with van der Waals surface area (Å²) in [6, 6.07) is 0. The van der Waals surface area contributed by atoms with Crippen molar-refractivity contribution in [2.45, 2.75) is 26.2 Å². The van der Waals surface area contributed by atoms with E-state index in [0.29, 0.717) is 23.7 Å². The molecule has 0 spiro atoms. The maximum Gasteiger partial charge on any atom is 0.208 e. The van der Waals surface area contributed by atoms with Gasteiger partial charge in [-0.25, -0.2) is 9.97 Å². The molecule has 0 saturated carbocycles. The van der Waals surface area contributed by atoms with E-state index in [1.165, 1.54) is 11.3 Å². The van der Waals surface area contributed by atoms with Gasteiger partial charge in [0.15, 0.2) is 5.89 Å². The van der Waals surface area contributed by atoms with Gasteiger partial charge < -0.3 is 9.52 Å². The standard InChI is InChI=1S/C13H15N3O3S/c1-2-8-5-15-11(19-8)4-3-9-6-16-13(20-9)12(14)10(18)7-17/h5-6,14,17H,2-4,7H2,1H3. The fourth-order valence-electron chi connectivity index (χ4n) is 1.59. The van der Waals surface area contributed by atoms with Crippen molar-refractivity contribution in [3.8, 4) is 0 Å². The molecular weight excluding hydrogens is 278 g/mol. The van der Waals surface area contributed by atoms with E-state index in [2.05, 4.69) is 9.97 Å². The van der Waals surface area contributed by atoms with Gasteiger partial charge in [0.25, 0.3) is 0 Å². The van der Waals surface area contributed by atoms with Crippen LogP contribution in [0.4, 0.5) is 0 Å². The summed E-state index contributed by atoms with van der Waals surface area (Å²) in [7, 11) is 0. The molecule has 0 unspecified atom stereocenters. The number of carbonyl (C=O) groups excluding carboxylic acids is 1. The van der Waals surface area contributed by atoms with Crippen LogP contribution in [-0.2, 0) is 24.1 Å². The normalized spacial score (nSPS) is 10.7. The summed E-state index contributed by atoms with van der Waals surface area (Å²) in [5.41, 5.74) is -0.242. The van der Waals surface area contributed by atoms with Gasteiger partial charge in [-0.05, 0) is 6.42 Å². The van der Waals surface area contributed by atoms with E-state index in [9.17, 15) is 4.79 Å². The molecule has 0 atom stereocenters. The molecule has 0 aromatic carbocycles. The number of aryl methyl sites for hydroxylation is 3. The van der Waals surface area contributed by atoms with Gasteiger partial charge >= 0.3 is 0 Å². The lowest BCUT2D eigenvalue weighted by Gasteiger charge is -1.95. The third-order valence-electron chi connectivity index (χ3n) is 2.73. The molecule has 7 heteroatoms. The van der Waals surface area contributed by atoms with Crippen LogP contribution in [0.1, 0.15) is 28.5 Å². The van der Waals surface area contributed by atoms with Gasteiger partial charge in [-0.3, -0.25) is 10.2 Å². The molecular formula is C13H15N3O3S. The number of oxazole rings is 1. The Hall–Kier alpha value is -1.86. The van der Waals surface area contributed by atoms with Crippen LogP contribution in [0, 0.1) is 5.41 Å². The van der Waals surface area contributed by atoms with E-state index in [1.807, 2.05) is 6.92 Å². The van der Waals surface area contributed by atoms with E-state index in [1.54, 1.807) is 12.4 Å². The summed E-state index contributed by atoms with van der Waals surface area (Å²) >= 11 is 1.28. The molecule has 0 aliphatic carbocycles. The molecule has 0 bridgehead atoms. The Labute approximate surface area is 120 Å². The highest BCUT2D eigenvalue weighted by molar-refractivity contribution is 7.14. The van der Waals surface area contributed by atoms with Crippen LogP contribution in [0.3, 0.4) is 0 Å². The lowest BCUT2D eigenvalue weighted by Crippen LogP contribution is -2.17. The number of aromatic nitrogens is 2. The maximum atomic E-state index is 11.2. The first kappa shape index (κ1) is 14.5. The zero-order valence-electron chi connectivity index (χ0n) is 11.0. The number of nitrogens with zero attached hydrogens (tertiary/aromatic N) is 2. The van der Waals surface area contributed by atoms with Crippen molar-refractivity contribution in [1.82, 2.24) is 9.97 Å².